The molecule has 0 saturated heterocycles. The van der Waals surface area contributed by atoms with Gasteiger partial charge >= 0.3 is 0 Å². The lowest BCUT2D eigenvalue weighted by Crippen LogP contribution is -1.71. The maximum Gasteiger partial charge on any atom is 0.205 e. The van der Waals surface area contributed by atoms with Crippen LogP contribution in [-0.2, 0) is 11.5 Å². The molecule has 0 heterocycles. The minimum atomic E-state index is 0.0723. The molecule has 2 nitrogen and oxygen atoms in total. The molecule has 1 rings (SSSR count). The van der Waals surface area contributed by atoms with Crippen molar-refractivity contribution in [1.29, 1.82) is 0 Å². The van der Waals surface area contributed by atoms with Gasteiger partial charge in [-0.05, 0) is 12.1 Å². The fourth-order valence-electron chi connectivity index (χ4n) is 0.622. The molecule has 0 unspecified atom stereocenters. The Morgan fingerprint density at radius 1 is 1.08 bits per heavy atom. The summed E-state index contributed by atoms with van der Waals surface area (Å²) in [4.78, 5) is 0. The number of halogens is 3. The second kappa shape index (κ2) is 4.23. The molecule has 0 N–H and O–H groups in total. The smallest absolute Gasteiger partial charge is 0.191 e. The van der Waals surface area contributed by atoms with Crippen molar-refractivity contribution in [3.8, 4) is 0 Å². The molecular weight excluding hydrogens is 240 g/mol. The first kappa shape index (κ1) is 9.99. The molecule has 0 spiro atoms. The van der Waals surface area contributed by atoms with Gasteiger partial charge in [-0.1, -0.05) is 34.8 Å². The van der Waals surface area contributed by atoms with E-state index in [9.17, 15) is 4.21 Å². The molecule has 1 aromatic carbocycles. The quantitative estimate of drug-likeness (QED) is 0.691. The van der Waals surface area contributed by atoms with Gasteiger partial charge < -0.3 is 0 Å². The van der Waals surface area contributed by atoms with Crippen LogP contribution in [0.4, 0.5) is 5.69 Å². The second-order valence-electron chi connectivity index (χ2n) is 1.88. The highest BCUT2D eigenvalue weighted by Crippen LogP contribution is 2.33. The van der Waals surface area contributed by atoms with Crippen molar-refractivity contribution in [2.24, 2.45) is 4.36 Å². The summed E-state index contributed by atoms with van der Waals surface area (Å²) in [5.74, 6) is 0. The lowest BCUT2D eigenvalue weighted by Gasteiger charge is -1.98. The van der Waals surface area contributed by atoms with Crippen LogP contribution in [0.3, 0.4) is 0 Å². The summed E-state index contributed by atoms with van der Waals surface area (Å²) in [7, 11) is 0. The van der Waals surface area contributed by atoms with Gasteiger partial charge in [-0.2, -0.15) is 8.57 Å². The first-order valence-corrected chi connectivity index (χ1v) is 4.63. The minimum absolute atomic E-state index is 0.0723. The number of benzene rings is 1. The van der Waals surface area contributed by atoms with Crippen LogP contribution in [0.2, 0.25) is 15.1 Å². The molecule has 0 radical (unpaired) electrons. The van der Waals surface area contributed by atoms with Gasteiger partial charge in [-0.15, -0.1) is 0 Å². The Bertz CT molecular complexity index is 362. The summed E-state index contributed by atoms with van der Waals surface area (Å²) in [5.41, 5.74) is 0.339. The predicted octanol–water partition coefficient (Wildman–Crippen LogP) is 3.67. The van der Waals surface area contributed by atoms with Crippen molar-refractivity contribution < 1.29 is 4.21 Å². The van der Waals surface area contributed by atoms with E-state index in [-0.39, 0.29) is 11.5 Å². The van der Waals surface area contributed by atoms with Crippen molar-refractivity contribution in [3.05, 3.63) is 27.2 Å². The molecule has 64 valence electrons. The average molecular weight is 243 g/mol. The summed E-state index contributed by atoms with van der Waals surface area (Å²) >= 11 is 17.1. The van der Waals surface area contributed by atoms with E-state index in [2.05, 4.69) is 4.36 Å². The highest BCUT2D eigenvalue weighted by molar-refractivity contribution is 7.54. The Morgan fingerprint density at radius 3 is 2.25 bits per heavy atom. The number of rotatable bonds is 1. The van der Waals surface area contributed by atoms with E-state index in [0.717, 1.165) is 0 Å². The van der Waals surface area contributed by atoms with E-state index < -0.39 is 0 Å². The van der Waals surface area contributed by atoms with Gasteiger partial charge in [-0.25, -0.2) is 0 Å². The topological polar surface area (TPSA) is 29.4 Å². The van der Waals surface area contributed by atoms with Crippen molar-refractivity contribution in [2.45, 2.75) is 0 Å². The van der Waals surface area contributed by atoms with Gasteiger partial charge in [0.2, 0.25) is 11.5 Å². The third kappa shape index (κ3) is 2.20. The van der Waals surface area contributed by atoms with Gasteiger partial charge in [0, 0.05) is 0 Å². The third-order valence-corrected chi connectivity index (χ3v) is 2.42. The van der Waals surface area contributed by atoms with Crippen LogP contribution < -0.4 is 0 Å². The number of hydrogen-bond acceptors (Lipinski definition) is 2. The largest absolute Gasteiger partial charge is 0.205 e. The van der Waals surface area contributed by atoms with E-state index in [1.54, 1.807) is 0 Å². The van der Waals surface area contributed by atoms with Gasteiger partial charge in [0.15, 0.2) is 0 Å². The first-order valence-electron chi connectivity index (χ1n) is 2.79. The van der Waals surface area contributed by atoms with Crippen LogP contribution in [0.1, 0.15) is 0 Å². The monoisotopic (exact) mass is 241 g/mol. The maximum absolute atomic E-state index is 10.1. The Hall–Kier alpha value is -0.0900. The fourth-order valence-corrected chi connectivity index (χ4v) is 1.49. The Labute approximate surface area is 87.7 Å². The molecule has 0 aliphatic carbocycles. The van der Waals surface area contributed by atoms with E-state index in [4.69, 9.17) is 34.8 Å². The van der Waals surface area contributed by atoms with Crippen molar-refractivity contribution in [1.82, 2.24) is 0 Å². The highest BCUT2D eigenvalue weighted by atomic mass is 35.5. The Kier molecular flexibility index (Phi) is 3.53. The second-order valence-corrected chi connectivity index (χ2v) is 3.44. The van der Waals surface area contributed by atoms with E-state index in [1.165, 1.54) is 12.1 Å². The lowest BCUT2D eigenvalue weighted by atomic mass is 10.3. The molecule has 6 heteroatoms. The number of hydrogen-bond donors (Lipinski definition) is 0. The molecule has 0 fully saturated rings. The Morgan fingerprint density at radius 2 is 1.67 bits per heavy atom. The fraction of sp³-hybridized carbons (Fsp3) is 0. The minimum Gasteiger partial charge on any atom is -0.191 e. The van der Waals surface area contributed by atoms with Crippen LogP contribution >= 0.6 is 34.8 Å². The lowest BCUT2D eigenvalue weighted by molar-refractivity contribution is 0.698. The summed E-state index contributed by atoms with van der Waals surface area (Å²) < 4.78 is 13.6. The zero-order valence-corrected chi connectivity index (χ0v) is 8.64. The van der Waals surface area contributed by atoms with Crippen LogP contribution in [0.15, 0.2) is 16.5 Å². The van der Waals surface area contributed by atoms with Gasteiger partial charge in [0.1, 0.15) is 0 Å². The molecule has 1 aromatic rings. The van der Waals surface area contributed by atoms with Crippen LogP contribution in [0, 0.1) is 0 Å². The summed E-state index contributed by atoms with van der Waals surface area (Å²) in [5, 5.41) is 0.984. The molecule has 0 bridgehead atoms. The van der Waals surface area contributed by atoms with Gasteiger partial charge in [0.25, 0.3) is 0 Å². The summed E-state index contributed by atoms with van der Waals surface area (Å²) in [6.07, 6.45) is 0. The molecule has 0 aliphatic rings. The van der Waals surface area contributed by atoms with Crippen LogP contribution in [0.25, 0.3) is 0 Å². The van der Waals surface area contributed by atoms with Crippen molar-refractivity contribution in [2.75, 3.05) is 0 Å². The predicted molar refractivity (Wildman–Crippen MR) is 51.7 cm³/mol. The standard InChI is InChI=1S/C6H2Cl3NOS/c7-3-1-5(9)6(10-12-11)2-4(3)8/h1-2H. The molecule has 0 atom stereocenters. The summed E-state index contributed by atoms with van der Waals surface area (Å²) in [6.45, 7) is 0. The molecule has 0 amide bonds. The van der Waals surface area contributed by atoms with E-state index in [0.29, 0.717) is 20.8 Å². The molecule has 0 saturated carbocycles. The zero-order chi connectivity index (χ0) is 9.14. The maximum atomic E-state index is 10.1. The van der Waals surface area contributed by atoms with Crippen molar-refractivity contribution >= 4 is 52.0 Å². The molecular formula is C6H2Cl3NOS. The van der Waals surface area contributed by atoms with Crippen LogP contribution in [-0.4, -0.2) is 4.21 Å². The van der Waals surface area contributed by atoms with Gasteiger partial charge in [-0.3, -0.25) is 0 Å². The summed E-state index contributed by atoms with van der Waals surface area (Å²) in [6, 6.07) is 2.89. The van der Waals surface area contributed by atoms with Crippen LogP contribution in [0.5, 0.6) is 0 Å². The average Bonchev–Trinajstić information content (AvgIpc) is 2.01. The molecule has 0 aromatic heterocycles. The van der Waals surface area contributed by atoms with Crippen molar-refractivity contribution in [3.63, 3.8) is 0 Å². The molecule has 12 heavy (non-hydrogen) atoms. The first-order chi connectivity index (χ1) is 5.65. The highest BCUT2D eigenvalue weighted by Gasteiger charge is 2.04. The van der Waals surface area contributed by atoms with Gasteiger partial charge in [0.05, 0.1) is 20.8 Å². The zero-order valence-electron chi connectivity index (χ0n) is 5.55. The Balaban J connectivity index is 3.32. The third-order valence-electron chi connectivity index (χ3n) is 1.13. The molecule has 0 aliphatic heterocycles. The van der Waals surface area contributed by atoms with E-state index >= 15 is 0 Å². The van der Waals surface area contributed by atoms with E-state index in [1.807, 2.05) is 0 Å². The SMILES string of the molecule is O=S=Nc1cc(Cl)c(Cl)cc1Cl. The normalized spacial score (nSPS) is 9.58. The number of nitrogens with zero attached hydrogens (tertiary/aromatic N) is 1.